The minimum atomic E-state index is 0.647. The molecule has 0 aliphatic carbocycles. The number of nitrogens with zero attached hydrogens (tertiary/aromatic N) is 2. The molecule has 1 aromatic carbocycles. The molecule has 1 aromatic heterocycles. The number of hydrogen-bond donors (Lipinski definition) is 0. The lowest BCUT2D eigenvalue weighted by Crippen LogP contribution is -1.96. The van der Waals surface area contributed by atoms with E-state index >= 15 is 0 Å². The largest absolute Gasteiger partial charge is 0.298 e. The zero-order valence-electron chi connectivity index (χ0n) is 7.82. The van der Waals surface area contributed by atoms with Crippen molar-refractivity contribution in [3.8, 4) is 5.69 Å². The van der Waals surface area contributed by atoms with E-state index in [4.69, 9.17) is 0 Å². The van der Waals surface area contributed by atoms with Gasteiger partial charge in [-0.2, -0.15) is 0 Å². The van der Waals surface area contributed by atoms with Gasteiger partial charge in [-0.1, -0.05) is 0 Å². The summed E-state index contributed by atoms with van der Waals surface area (Å²) in [6.45, 7) is 0. The first-order valence-corrected chi connectivity index (χ1v) is 7.22. The number of hydrogen-bond acceptors (Lipinski definition) is 2. The number of aldehydes is 1. The summed E-state index contributed by atoms with van der Waals surface area (Å²) >= 11 is 7.80. The molecular formula is C10H5BrI2N2O. The fraction of sp³-hybridized carbons (Fsp3) is 0. The predicted molar refractivity (Wildman–Crippen MR) is 82.1 cm³/mol. The van der Waals surface area contributed by atoms with Gasteiger partial charge in [-0.15, -0.1) is 0 Å². The molecule has 82 valence electrons. The molecule has 0 amide bonds. The smallest absolute Gasteiger partial charge is 0.151 e. The van der Waals surface area contributed by atoms with E-state index in [0.717, 1.165) is 23.8 Å². The average molecular weight is 503 g/mol. The van der Waals surface area contributed by atoms with Crippen molar-refractivity contribution in [2.45, 2.75) is 0 Å². The van der Waals surface area contributed by atoms with Gasteiger partial charge in [0, 0.05) is 15.7 Å². The lowest BCUT2D eigenvalue weighted by molar-refractivity contribution is 0.112. The van der Waals surface area contributed by atoms with Crippen molar-refractivity contribution >= 4 is 67.4 Å². The Balaban J connectivity index is 2.53. The molecule has 16 heavy (non-hydrogen) atoms. The Morgan fingerprint density at radius 2 is 2.12 bits per heavy atom. The summed E-state index contributed by atoms with van der Waals surface area (Å²) in [5.74, 6) is 0. The lowest BCUT2D eigenvalue weighted by atomic mass is 10.2. The molecule has 6 heteroatoms. The van der Waals surface area contributed by atoms with Crippen molar-refractivity contribution in [3.05, 3.63) is 42.0 Å². The van der Waals surface area contributed by atoms with Gasteiger partial charge in [-0.05, 0) is 79.3 Å². The van der Waals surface area contributed by atoms with Crippen molar-refractivity contribution in [2.24, 2.45) is 0 Å². The molecule has 0 N–H and O–H groups in total. The van der Waals surface area contributed by atoms with Crippen LogP contribution in [0, 0.1) is 7.40 Å². The number of aromatic nitrogens is 2. The van der Waals surface area contributed by atoms with Gasteiger partial charge in [0.1, 0.15) is 13.7 Å². The summed E-state index contributed by atoms with van der Waals surface area (Å²) in [5, 5.41) is 0. The van der Waals surface area contributed by atoms with Gasteiger partial charge >= 0.3 is 0 Å². The van der Waals surface area contributed by atoms with Crippen LogP contribution < -0.4 is 0 Å². The minimum absolute atomic E-state index is 0.647. The number of imidazole rings is 1. The quantitative estimate of drug-likeness (QED) is 0.464. The summed E-state index contributed by atoms with van der Waals surface area (Å²) in [6.07, 6.45) is 2.60. The van der Waals surface area contributed by atoms with Crippen molar-refractivity contribution in [3.63, 3.8) is 0 Å². The molecule has 0 fully saturated rings. The maximum atomic E-state index is 10.7. The molecular weight excluding hydrogens is 498 g/mol. The Morgan fingerprint density at radius 3 is 2.62 bits per heavy atom. The fourth-order valence-corrected chi connectivity index (χ4v) is 2.64. The fourth-order valence-electron chi connectivity index (χ4n) is 1.25. The first-order chi connectivity index (χ1) is 7.63. The second-order valence-corrected chi connectivity index (χ2v) is 5.92. The van der Waals surface area contributed by atoms with Crippen LogP contribution in [0.2, 0.25) is 0 Å². The number of carbonyl (C=O) groups is 1. The van der Waals surface area contributed by atoms with E-state index in [1.165, 1.54) is 0 Å². The average Bonchev–Trinajstić information content (AvgIpc) is 2.60. The molecule has 0 aliphatic rings. The van der Waals surface area contributed by atoms with Crippen LogP contribution in [0.5, 0.6) is 0 Å². The molecule has 3 nitrogen and oxygen atoms in total. The van der Waals surface area contributed by atoms with Crippen LogP contribution in [0.3, 0.4) is 0 Å². The number of halogens is 3. The van der Waals surface area contributed by atoms with Gasteiger partial charge in [0.15, 0.2) is 6.29 Å². The molecule has 0 spiro atoms. The van der Waals surface area contributed by atoms with Crippen LogP contribution in [-0.2, 0) is 0 Å². The van der Waals surface area contributed by atoms with E-state index in [1.807, 2.05) is 16.7 Å². The van der Waals surface area contributed by atoms with Crippen LogP contribution in [0.25, 0.3) is 5.69 Å². The Bertz CT molecular complexity index is 554. The highest BCUT2D eigenvalue weighted by Gasteiger charge is 2.08. The highest BCUT2D eigenvalue weighted by molar-refractivity contribution is 14.1. The van der Waals surface area contributed by atoms with Gasteiger partial charge in [-0.3, -0.25) is 9.36 Å². The standard InChI is InChI=1S/C10H5BrI2N2O/c11-8-3-7(2-1-6(8)4-16)15-5-14-9(12)10(15)13/h1-5H. The van der Waals surface area contributed by atoms with E-state index in [1.54, 1.807) is 12.4 Å². The maximum absolute atomic E-state index is 10.7. The van der Waals surface area contributed by atoms with Gasteiger partial charge < -0.3 is 0 Å². The summed E-state index contributed by atoms with van der Waals surface area (Å²) in [5.41, 5.74) is 1.63. The van der Waals surface area contributed by atoms with Gasteiger partial charge in [0.05, 0.1) is 0 Å². The van der Waals surface area contributed by atoms with Crippen molar-refractivity contribution in [1.29, 1.82) is 0 Å². The zero-order valence-corrected chi connectivity index (χ0v) is 13.7. The maximum Gasteiger partial charge on any atom is 0.151 e. The van der Waals surface area contributed by atoms with E-state index in [2.05, 4.69) is 66.1 Å². The van der Waals surface area contributed by atoms with Crippen LogP contribution in [0.4, 0.5) is 0 Å². The minimum Gasteiger partial charge on any atom is -0.298 e. The second-order valence-electron chi connectivity index (χ2n) is 3.02. The first kappa shape index (κ1) is 12.5. The van der Waals surface area contributed by atoms with Crippen LogP contribution in [-0.4, -0.2) is 15.8 Å². The van der Waals surface area contributed by atoms with Crippen molar-refractivity contribution in [1.82, 2.24) is 9.55 Å². The van der Waals surface area contributed by atoms with Crippen molar-refractivity contribution in [2.75, 3.05) is 0 Å². The highest BCUT2D eigenvalue weighted by atomic mass is 127. The summed E-state index contributed by atoms with van der Waals surface area (Å²) in [6, 6.07) is 5.59. The Morgan fingerprint density at radius 1 is 1.38 bits per heavy atom. The lowest BCUT2D eigenvalue weighted by Gasteiger charge is -2.05. The summed E-state index contributed by atoms with van der Waals surface area (Å²) in [7, 11) is 0. The van der Waals surface area contributed by atoms with Crippen LogP contribution >= 0.6 is 61.1 Å². The summed E-state index contributed by atoms with van der Waals surface area (Å²) < 4.78 is 4.79. The van der Waals surface area contributed by atoms with Gasteiger partial charge in [0.2, 0.25) is 0 Å². The highest BCUT2D eigenvalue weighted by Crippen LogP contribution is 2.23. The molecule has 0 aliphatic heterocycles. The molecule has 1 heterocycles. The molecule has 0 bridgehead atoms. The number of rotatable bonds is 2. The zero-order chi connectivity index (χ0) is 11.7. The molecule has 0 unspecified atom stereocenters. The molecule has 2 rings (SSSR count). The third kappa shape index (κ3) is 2.33. The SMILES string of the molecule is O=Cc1ccc(-n2cnc(I)c2I)cc1Br. The topological polar surface area (TPSA) is 34.9 Å². The van der Waals surface area contributed by atoms with Crippen LogP contribution in [0.1, 0.15) is 10.4 Å². The monoisotopic (exact) mass is 502 g/mol. The Hall–Kier alpha value is 0.0400. The van der Waals surface area contributed by atoms with Gasteiger partial charge in [-0.25, -0.2) is 4.98 Å². The molecule has 0 saturated heterocycles. The summed E-state index contributed by atoms with van der Waals surface area (Å²) in [4.78, 5) is 14.9. The number of benzene rings is 1. The predicted octanol–water partition coefficient (Wildman–Crippen LogP) is 3.66. The Kier molecular flexibility index (Phi) is 4.01. The molecule has 0 radical (unpaired) electrons. The molecule has 0 atom stereocenters. The van der Waals surface area contributed by atoms with Gasteiger partial charge in [0.25, 0.3) is 0 Å². The van der Waals surface area contributed by atoms with E-state index in [0.29, 0.717) is 5.56 Å². The van der Waals surface area contributed by atoms with E-state index in [9.17, 15) is 4.79 Å². The van der Waals surface area contributed by atoms with Crippen molar-refractivity contribution < 1.29 is 4.79 Å². The molecule has 2 aromatic rings. The van der Waals surface area contributed by atoms with Crippen LogP contribution in [0.15, 0.2) is 29.0 Å². The molecule has 0 saturated carbocycles. The van der Waals surface area contributed by atoms with E-state index in [-0.39, 0.29) is 0 Å². The second kappa shape index (κ2) is 5.13. The number of carbonyl (C=O) groups excluding carboxylic acids is 1. The normalized spacial score (nSPS) is 10.4. The van der Waals surface area contributed by atoms with E-state index < -0.39 is 0 Å². The Labute approximate surface area is 128 Å². The first-order valence-electron chi connectivity index (χ1n) is 4.27. The third-order valence-electron chi connectivity index (χ3n) is 2.06. The third-order valence-corrected chi connectivity index (χ3v) is 5.60.